The van der Waals surface area contributed by atoms with Gasteiger partial charge in [0.1, 0.15) is 0 Å². The topological polar surface area (TPSA) is 23.5 Å². The molecule has 0 aromatic carbocycles. The summed E-state index contributed by atoms with van der Waals surface area (Å²) in [4.78, 5) is 2.76. The zero-order valence-electron chi connectivity index (χ0n) is 13.3. The second kappa shape index (κ2) is 6.79. The van der Waals surface area contributed by atoms with Crippen molar-refractivity contribution in [3.63, 3.8) is 0 Å². The summed E-state index contributed by atoms with van der Waals surface area (Å²) >= 11 is 0. The van der Waals surface area contributed by atoms with Crippen molar-refractivity contribution in [1.29, 1.82) is 0 Å². The smallest absolute Gasteiger partial charge is 0.0580 e. The minimum atomic E-state index is -0.0225. The summed E-state index contributed by atoms with van der Waals surface area (Å²) in [6.07, 6.45) is 13.5. The summed E-state index contributed by atoms with van der Waals surface area (Å²) in [6, 6.07) is 0.863. The summed E-state index contributed by atoms with van der Waals surface area (Å²) in [5.74, 6) is 2.43. The number of aliphatic hydroxyl groups is 1. The lowest BCUT2D eigenvalue weighted by atomic mass is 9.77. The first-order valence-corrected chi connectivity index (χ1v) is 9.20. The molecule has 5 unspecified atom stereocenters. The van der Waals surface area contributed by atoms with Gasteiger partial charge >= 0.3 is 0 Å². The van der Waals surface area contributed by atoms with Gasteiger partial charge < -0.3 is 5.11 Å². The lowest BCUT2D eigenvalue weighted by Gasteiger charge is -2.39. The van der Waals surface area contributed by atoms with E-state index in [0.717, 1.165) is 24.3 Å². The van der Waals surface area contributed by atoms with Crippen LogP contribution in [0.25, 0.3) is 0 Å². The molecule has 2 heteroatoms. The monoisotopic (exact) mass is 279 g/mol. The highest BCUT2D eigenvalue weighted by atomic mass is 16.3. The van der Waals surface area contributed by atoms with Crippen LogP contribution in [0.15, 0.2) is 0 Å². The molecule has 3 fully saturated rings. The predicted molar refractivity (Wildman–Crippen MR) is 83.7 cm³/mol. The fraction of sp³-hybridized carbons (Fsp3) is 1.00. The molecule has 3 aliphatic rings. The molecule has 1 N–H and O–H groups in total. The summed E-state index contributed by atoms with van der Waals surface area (Å²) in [6.45, 7) is 4.78. The van der Waals surface area contributed by atoms with E-state index in [1.165, 1.54) is 70.9 Å². The molecular weight excluding hydrogens is 246 g/mol. The number of hydrogen-bond acceptors (Lipinski definition) is 2. The fourth-order valence-electron chi connectivity index (χ4n) is 5.24. The molecule has 0 radical (unpaired) electrons. The second-order valence-corrected chi connectivity index (χ2v) is 7.69. The Morgan fingerprint density at radius 1 is 1.05 bits per heavy atom. The quantitative estimate of drug-likeness (QED) is 0.845. The van der Waals surface area contributed by atoms with E-state index < -0.39 is 0 Å². The Bertz CT molecular complexity index is 306. The van der Waals surface area contributed by atoms with Crippen LogP contribution >= 0.6 is 0 Å². The van der Waals surface area contributed by atoms with Gasteiger partial charge in [0.05, 0.1) is 6.10 Å². The van der Waals surface area contributed by atoms with Gasteiger partial charge in [0, 0.05) is 12.6 Å². The average Bonchev–Trinajstić information content (AvgIpc) is 2.86. The van der Waals surface area contributed by atoms with Gasteiger partial charge in [-0.3, -0.25) is 4.90 Å². The zero-order valence-corrected chi connectivity index (χ0v) is 13.3. The Morgan fingerprint density at radius 3 is 2.75 bits per heavy atom. The van der Waals surface area contributed by atoms with Crippen molar-refractivity contribution in [2.24, 2.45) is 17.8 Å². The van der Waals surface area contributed by atoms with Crippen LogP contribution in [0.4, 0.5) is 0 Å². The van der Waals surface area contributed by atoms with E-state index in [9.17, 15) is 5.11 Å². The molecule has 5 atom stereocenters. The summed E-state index contributed by atoms with van der Waals surface area (Å²) in [5.41, 5.74) is 0. The van der Waals surface area contributed by atoms with Crippen molar-refractivity contribution in [3.05, 3.63) is 0 Å². The van der Waals surface area contributed by atoms with Crippen molar-refractivity contribution >= 4 is 0 Å². The van der Waals surface area contributed by atoms with Crippen LogP contribution in [-0.2, 0) is 0 Å². The van der Waals surface area contributed by atoms with E-state index in [1.807, 2.05) is 0 Å². The molecule has 0 amide bonds. The first kappa shape index (κ1) is 14.8. The third kappa shape index (κ3) is 3.22. The minimum absolute atomic E-state index is 0.0225. The minimum Gasteiger partial charge on any atom is -0.393 e. The van der Waals surface area contributed by atoms with Crippen LogP contribution < -0.4 is 0 Å². The molecule has 0 spiro atoms. The van der Waals surface area contributed by atoms with Crippen molar-refractivity contribution in [3.8, 4) is 0 Å². The molecule has 0 aromatic heterocycles. The standard InChI is InChI=1S/C18H33NO/c1-2-5-14-8-9-18(20)16(12-14)13-19-11-10-15-6-3-4-7-17(15)19/h14-18,20H,2-13H2,1H3. The number of rotatable bonds is 4. The van der Waals surface area contributed by atoms with Crippen molar-refractivity contribution in [2.45, 2.75) is 83.3 Å². The van der Waals surface area contributed by atoms with Crippen molar-refractivity contribution < 1.29 is 5.11 Å². The van der Waals surface area contributed by atoms with Crippen molar-refractivity contribution in [1.82, 2.24) is 4.90 Å². The maximum absolute atomic E-state index is 10.4. The maximum Gasteiger partial charge on any atom is 0.0580 e. The number of aliphatic hydroxyl groups excluding tert-OH is 1. The number of nitrogens with zero attached hydrogens (tertiary/aromatic N) is 1. The van der Waals surface area contributed by atoms with Gasteiger partial charge in [-0.05, 0) is 62.8 Å². The molecule has 20 heavy (non-hydrogen) atoms. The molecule has 0 bridgehead atoms. The van der Waals surface area contributed by atoms with Gasteiger partial charge in [0.25, 0.3) is 0 Å². The highest BCUT2D eigenvalue weighted by Gasteiger charge is 2.38. The van der Waals surface area contributed by atoms with Crippen LogP contribution in [0.3, 0.4) is 0 Å². The third-order valence-corrected chi connectivity index (χ3v) is 6.34. The lowest BCUT2D eigenvalue weighted by molar-refractivity contribution is 0.0192. The Morgan fingerprint density at radius 2 is 1.90 bits per heavy atom. The van der Waals surface area contributed by atoms with Gasteiger partial charge in [0.15, 0.2) is 0 Å². The Labute approximate surface area is 124 Å². The van der Waals surface area contributed by atoms with Gasteiger partial charge in [0.2, 0.25) is 0 Å². The number of likely N-dealkylation sites (tertiary alicyclic amines) is 1. The molecule has 1 saturated heterocycles. The largest absolute Gasteiger partial charge is 0.393 e. The molecular formula is C18H33NO. The van der Waals surface area contributed by atoms with Crippen molar-refractivity contribution in [2.75, 3.05) is 13.1 Å². The van der Waals surface area contributed by atoms with Gasteiger partial charge in [-0.2, -0.15) is 0 Å². The van der Waals surface area contributed by atoms with Crippen LogP contribution in [0.2, 0.25) is 0 Å². The number of hydrogen-bond donors (Lipinski definition) is 1. The van der Waals surface area contributed by atoms with E-state index in [1.54, 1.807) is 0 Å². The zero-order chi connectivity index (χ0) is 13.9. The van der Waals surface area contributed by atoms with E-state index in [0.29, 0.717) is 5.92 Å². The van der Waals surface area contributed by atoms with E-state index >= 15 is 0 Å². The predicted octanol–water partition coefficient (Wildman–Crippen LogP) is 3.83. The molecule has 116 valence electrons. The average molecular weight is 279 g/mol. The Kier molecular flexibility index (Phi) is 5.04. The molecule has 0 aromatic rings. The van der Waals surface area contributed by atoms with E-state index in [2.05, 4.69) is 11.8 Å². The highest BCUT2D eigenvalue weighted by molar-refractivity contribution is 4.92. The van der Waals surface area contributed by atoms with Crippen LogP contribution in [-0.4, -0.2) is 35.2 Å². The Balaban J connectivity index is 1.55. The first-order valence-electron chi connectivity index (χ1n) is 9.20. The fourth-order valence-corrected chi connectivity index (χ4v) is 5.24. The highest BCUT2D eigenvalue weighted by Crippen LogP contribution is 2.39. The maximum atomic E-state index is 10.4. The van der Waals surface area contributed by atoms with E-state index in [-0.39, 0.29) is 6.10 Å². The third-order valence-electron chi connectivity index (χ3n) is 6.34. The summed E-state index contributed by atoms with van der Waals surface area (Å²) in [7, 11) is 0. The van der Waals surface area contributed by atoms with Crippen LogP contribution in [0.5, 0.6) is 0 Å². The summed E-state index contributed by atoms with van der Waals surface area (Å²) in [5, 5.41) is 10.4. The normalized spacial score (nSPS) is 42.6. The Hall–Kier alpha value is -0.0800. The molecule has 2 saturated carbocycles. The van der Waals surface area contributed by atoms with Gasteiger partial charge in [-0.1, -0.05) is 32.6 Å². The molecule has 3 rings (SSSR count). The summed E-state index contributed by atoms with van der Waals surface area (Å²) < 4.78 is 0. The lowest BCUT2D eigenvalue weighted by Crippen LogP contribution is -2.42. The van der Waals surface area contributed by atoms with Gasteiger partial charge in [-0.25, -0.2) is 0 Å². The van der Waals surface area contributed by atoms with E-state index in [4.69, 9.17) is 0 Å². The SMILES string of the molecule is CCCC1CCC(O)C(CN2CCC3CCCCC32)C1. The second-order valence-electron chi connectivity index (χ2n) is 7.69. The number of fused-ring (bicyclic) bond motifs is 1. The van der Waals surface area contributed by atoms with Crippen LogP contribution in [0, 0.1) is 17.8 Å². The van der Waals surface area contributed by atoms with Gasteiger partial charge in [-0.15, -0.1) is 0 Å². The molecule has 2 aliphatic carbocycles. The molecule has 1 aliphatic heterocycles. The molecule has 1 heterocycles. The molecule has 2 nitrogen and oxygen atoms in total. The first-order chi connectivity index (χ1) is 9.78. The van der Waals surface area contributed by atoms with Crippen LogP contribution in [0.1, 0.15) is 71.1 Å².